The van der Waals surface area contributed by atoms with Crippen LogP contribution in [0.15, 0.2) is 42.5 Å². The molecule has 0 aliphatic heterocycles. The number of hydrogen-bond acceptors (Lipinski definition) is 3. The second-order valence-corrected chi connectivity index (χ2v) is 4.54. The quantitative estimate of drug-likeness (QED) is 0.828. The number of rotatable bonds is 6. The van der Waals surface area contributed by atoms with Crippen molar-refractivity contribution in [3.63, 3.8) is 0 Å². The zero-order valence-corrected chi connectivity index (χ0v) is 11.6. The number of benzene rings is 2. The van der Waals surface area contributed by atoms with E-state index in [1.165, 1.54) is 6.07 Å². The minimum atomic E-state index is -1.32. The first-order valence-corrected chi connectivity index (χ1v) is 6.48. The number of carboxylic acids is 1. The maximum absolute atomic E-state index is 13.4. The summed E-state index contributed by atoms with van der Waals surface area (Å²) in [5.74, 6) is -1.30. The zero-order chi connectivity index (χ0) is 15.2. The summed E-state index contributed by atoms with van der Waals surface area (Å²) >= 11 is 5.81. The maximum atomic E-state index is 13.4. The second kappa shape index (κ2) is 6.95. The molecule has 1 N–H and O–H groups in total. The third-order valence-corrected chi connectivity index (χ3v) is 2.82. The second-order valence-electron chi connectivity index (χ2n) is 4.10. The molecule has 0 unspecified atom stereocenters. The van der Waals surface area contributed by atoms with E-state index in [9.17, 15) is 9.18 Å². The number of halogens is 2. The van der Waals surface area contributed by atoms with Gasteiger partial charge in [0, 0.05) is 11.1 Å². The Morgan fingerprint density at radius 2 is 1.76 bits per heavy atom. The summed E-state index contributed by atoms with van der Waals surface area (Å²) in [6.45, 7) is 0.445. The van der Waals surface area contributed by atoms with E-state index >= 15 is 0 Å². The van der Waals surface area contributed by atoms with Crippen molar-refractivity contribution >= 4 is 17.6 Å². The van der Waals surface area contributed by atoms with E-state index in [0.717, 1.165) is 12.1 Å². The summed E-state index contributed by atoms with van der Waals surface area (Å²) in [5, 5.41) is 9.28. The molecular weight excluding hydrogens is 299 g/mol. The van der Waals surface area contributed by atoms with E-state index in [1.54, 1.807) is 24.3 Å². The molecule has 0 aliphatic carbocycles. The van der Waals surface area contributed by atoms with E-state index in [0.29, 0.717) is 10.8 Å². The van der Waals surface area contributed by atoms with Crippen LogP contribution < -0.4 is 9.47 Å². The van der Waals surface area contributed by atoms with Crippen molar-refractivity contribution in [2.45, 2.75) is 0 Å². The van der Waals surface area contributed by atoms with Crippen LogP contribution in [0.25, 0.3) is 0 Å². The average molecular weight is 311 g/mol. The highest BCUT2D eigenvalue weighted by atomic mass is 35.5. The Kier molecular flexibility index (Phi) is 5.00. The summed E-state index contributed by atoms with van der Waals surface area (Å²) in [6.07, 6.45) is 0. The van der Waals surface area contributed by atoms with E-state index in [1.807, 2.05) is 0 Å². The van der Waals surface area contributed by atoms with Gasteiger partial charge in [-0.1, -0.05) is 17.7 Å². The van der Waals surface area contributed by atoms with Crippen LogP contribution in [0.1, 0.15) is 10.4 Å². The van der Waals surface area contributed by atoms with Gasteiger partial charge in [-0.2, -0.15) is 0 Å². The van der Waals surface area contributed by atoms with Gasteiger partial charge in [0.25, 0.3) is 0 Å². The molecule has 0 saturated heterocycles. The van der Waals surface area contributed by atoms with Crippen molar-refractivity contribution in [1.29, 1.82) is 0 Å². The molecule has 21 heavy (non-hydrogen) atoms. The van der Waals surface area contributed by atoms with Crippen LogP contribution in [0, 0.1) is 5.82 Å². The molecule has 0 amide bonds. The molecule has 4 nitrogen and oxygen atoms in total. The molecular formula is C15H12ClFO4. The molecule has 6 heteroatoms. The Morgan fingerprint density at radius 3 is 2.33 bits per heavy atom. The van der Waals surface area contributed by atoms with Crippen molar-refractivity contribution in [2.24, 2.45) is 0 Å². The van der Waals surface area contributed by atoms with Crippen LogP contribution in [-0.2, 0) is 0 Å². The van der Waals surface area contributed by atoms with Crippen molar-refractivity contribution in [2.75, 3.05) is 13.2 Å². The van der Waals surface area contributed by atoms with Gasteiger partial charge in [0.2, 0.25) is 0 Å². The third kappa shape index (κ3) is 4.36. The van der Waals surface area contributed by atoms with Crippen molar-refractivity contribution in [3.05, 3.63) is 58.9 Å². The van der Waals surface area contributed by atoms with E-state index in [-0.39, 0.29) is 19.0 Å². The highest BCUT2D eigenvalue weighted by Gasteiger charge is 2.10. The molecule has 0 fully saturated rings. The van der Waals surface area contributed by atoms with Gasteiger partial charge >= 0.3 is 5.97 Å². The number of carbonyl (C=O) groups is 1. The molecule has 0 saturated carbocycles. The predicted molar refractivity (Wildman–Crippen MR) is 75.8 cm³/mol. The van der Waals surface area contributed by atoms with Gasteiger partial charge < -0.3 is 14.6 Å². The SMILES string of the molecule is O=C(O)c1ccc(OCCOc2cccc(Cl)c2)cc1F. The highest BCUT2D eigenvalue weighted by molar-refractivity contribution is 6.30. The lowest BCUT2D eigenvalue weighted by molar-refractivity contribution is 0.0692. The van der Waals surface area contributed by atoms with Crippen LogP contribution in [0.3, 0.4) is 0 Å². The van der Waals surface area contributed by atoms with Crippen molar-refractivity contribution in [3.8, 4) is 11.5 Å². The standard InChI is InChI=1S/C15H12ClFO4/c16-10-2-1-3-11(8-10)20-6-7-21-12-4-5-13(15(18)19)14(17)9-12/h1-5,8-9H,6-7H2,(H,18,19). The van der Waals surface area contributed by atoms with E-state index in [2.05, 4.69) is 0 Å². The fourth-order valence-electron chi connectivity index (χ4n) is 1.63. The maximum Gasteiger partial charge on any atom is 0.338 e. The lowest BCUT2D eigenvalue weighted by atomic mass is 10.2. The summed E-state index contributed by atoms with van der Waals surface area (Å²) in [6, 6.07) is 10.5. The largest absolute Gasteiger partial charge is 0.490 e. The summed E-state index contributed by atoms with van der Waals surface area (Å²) < 4.78 is 24.1. The Morgan fingerprint density at radius 1 is 1.10 bits per heavy atom. The lowest BCUT2D eigenvalue weighted by Gasteiger charge is -2.09. The van der Waals surface area contributed by atoms with Gasteiger partial charge in [0.1, 0.15) is 30.5 Å². The normalized spacial score (nSPS) is 10.2. The molecule has 0 heterocycles. The molecule has 0 atom stereocenters. The Labute approximate surface area is 125 Å². The fraction of sp³-hybridized carbons (Fsp3) is 0.133. The highest BCUT2D eigenvalue weighted by Crippen LogP contribution is 2.18. The van der Waals surface area contributed by atoms with Crippen LogP contribution in [-0.4, -0.2) is 24.3 Å². The first-order valence-electron chi connectivity index (χ1n) is 6.10. The van der Waals surface area contributed by atoms with Gasteiger partial charge in [0.05, 0.1) is 5.56 Å². The summed E-state index contributed by atoms with van der Waals surface area (Å²) in [4.78, 5) is 10.7. The van der Waals surface area contributed by atoms with Crippen LogP contribution in [0.2, 0.25) is 5.02 Å². The number of aromatic carboxylic acids is 1. The van der Waals surface area contributed by atoms with Crippen LogP contribution in [0.4, 0.5) is 4.39 Å². The monoisotopic (exact) mass is 310 g/mol. The number of ether oxygens (including phenoxy) is 2. The van der Waals surface area contributed by atoms with Crippen LogP contribution >= 0.6 is 11.6 Å². The van der Waals surface area contributed by atoms with Crippen LogP contribution in [0.5, 0.6) is 11.5 Å². The van der Waals surface area contributed by atoms with Gasteiger partial charge in [-0.05, 0) is 30.3 Å². The molecule has 0 aromatic heterocycles. The molecule has 0 spiro atoms. The lowest BCUT2D eigenvalue weighted by Crippen LogP contribution is -2.09. The van der Waals surface area contributed by atoms with Gasteiger partial charge in [0.15, 0.2) is 0 Å². The van der Waals surface area contributed by atoms with Gasteiger partial charge in [-0.25, -0.2) is 9.18 Å². The molecule has 0 bridgehead atoms. The Balaban J connectivity index is 1.84. The number of carboxylic acid groups (broad SMARTS) is 1. The minimum Gasteiger partial charge on any atom is -0.490 e. The Hall–Kier alpha value is -2.27. The average Bonchev–Trinajstić information content (AvgIpc) is 2.43. The van der Waals surface area contributed by atoms with Gasteiger partial charge in [-0.3, -0.25) is 0 Å². The topological polar surface area (TPSA) is 55.8 Å². The molecule has 2 aromatic rings. The summed E-state index contributed by atoms with van der Waals surface area (Å²) in [7, 11) is 0. The third-order valence-electron chi connectivity index (χ3n) is 2.59. The first kappa shape index (κ1) is 15.1. The molecule has 0 aliphatic rings. The molecule has 110 valence electrons. The first-order chi connectivity index (χ1) is 10.1. The minimum absolute atomic E-state index is 0.193. The summed E-state index contributed by atoms with van der Waals surface area (Å²) in [5.41, 5.74) is -0.391. The van der Waals surface area contributed by atoms with Crippen molar-refractivity contribution in [1.82, 2.24) is 0 Å². The zero-order valence-electron chi connectivity index (χ0n) is 10.9. The molecule has 2 aromatic carbocycles. The fourth-order valence-corrected chi connectivity index (χ4v) is 1.82. The molecule has 0 radical (unpaired) electrons. The molecule has 2 rings (SSSR count). The van der Waals surface area contributed by atoms with Gasteiger partial charge in [-0.15, -0.1) is 0 Å². The van der Waals surface area contributed by atoms with Crippen molar-refractivity contribution < 1.29 is 23.8 Å². The predicted octanol–water partition coefficient (Wildman–Crippen LogP) is 3.64. The van der Waals surface area contributed by atoms with E-state index < -0.39 is 17.3 Å². The van der Waals surface area contributed by atoms with E-state index in [4.69, 9.17) is 26.2 Å². The Bertz CT molecular complexity index is 645. The smallest absolute Gasteiger partial charge is 0.338 e. The number of hydrogen-bond donors (Lipinski definition) is 1.